The predicted octanol–water partition coefficient (Wildman–Crippen LogP) is 5.77. The Hall–Kier alpha value is -3.32. The van der Waals surface area contributed by atoms with E-state index in [1.807, 2.05) is 62.4 Å². The number of carboxylic acid groups (broad SMARTS) is 1. The number of fused-ring (bicyclic) bond motifs is 1. The second-order valence-corrected chi connectivity index (χ2v) is 8.56. The van der Waals surface area contributed by atoms with Gasteiger partial charge in [0.15, 0.2) is 11.5 Å². The molecule has 0 bridgehead atoms. The number of anilines is 1. The van der Waals surface area contributed by atoms with Crippen molar-refractivity contribution in [3.8, 4) is 22.6 Å². The van der Waals surface area contributed by atoms with Crippen LogP contribution in [0, 0.1) is 0 Å². The first-order valence-corrected chi connectivity index (χ1v) is 11.5. The highest BCUT2D eigenvalue weighted by molar-refractivity contribution is 7.15. The summed E-state index contributed by atoms with van der Waals surface area (Å²) in [6.45, 7) is 5.02. The Kier molecular flexibility index (Phi) is 6.46. The van der Waals surface area contributed by atoms with Gasteiger partial charge in [0.05, 0.1) is 18.9 Å². The van der Waals surface area contributed by atoms with Crippen molar-refractivity contribution in [1.82, 2.24) is 0 Å². The number of benzene rings is 2. The topological polar surface area (TPSA) is 84.9 Å². The van der Waals surface area contributed by atoms with Gasteiger partial charge >= 0.3 is 5.97 Å². The number of aromatic carboxylic acids is 1. The first-order valence-electron chi connectivity index (χ1n) is 10.7. The second-order valence-electron chi connectivity index (χ2n) is 7.51. The molecule has 32 heavy (non-hydrogen) atoms. The smallest absolute Gasteiger partial charge is 0.346 e. The number of carbonyl (C=O) groups is 2. The third kappa shape index (κ3) is 4.21. The zero-order chi connectivity index (χ0) is 22.7. The molecule has 0 saturated heterocycles. The van der Waals surface area contributed by atoms with Crippen molar-refractivity contribution in [2.45, 2.75) is 32.6 Å². The maximum absolute atomic E-state index is 12.7. The highest BCUT2D eigenvalue weighted by atomic mass is 32.1. The fourth-order valence-electron chi connectivity index (χ4n) is 3.93. The first kappa shape index (κ1) is 21.9. The van der Waals surface area contributed by atoms with Crippen molar-refractivity contribution in [3.63, 3.8) is 0 Å². The van der Waals surface area contributed by atoms with Gasteiger partial charge in [0.25, 0.3) is 0 Å². The van der Waals surface area contributed by atoms with E-state index in [0.717, 1.165) is 22.4 Å². The molecule has 6 nitrogen and oxygen atoms in total. The maximum atomic E-state index is 12.7. The van der Waals surface area contributed by atoms with Crippen LogP contribution in [-0.2, 0) is 4.79 Å². The average molecular weight is 452 g/mol. The minimum Gasteiger partial charge on any atom is -0.490 e. The number of rotatable bonds is 8. The number of ether oxygens (including phenoxy) is 2. The molecule has 2 N–H and O–H groups in total. The van der Waals surface area contributed by atoms with Crippen molar-refractivity contribution in [2.24, 2.45) is 0 Å². The summed E-state index contributed by atoms with van der Waals surface area (Å²) in [5.41, 5.74) is 2.81. The number of carbonyl (C=O) groups excluding carboxylic acids is 1. The fraction of sp³-hybridized carbons (Fsp3) is 0.280. The summed E-state index contributed by atoms with van der Waals surface area (Å²) in [6.07, 6.45) is 1.12. The van der Waals surface area contributed by atoms with Crippen LogP contribution in [0.25, 0.3) is 11.1 Å². The van der Waals surface area contributed by atoms with Crippen LogP contribution in [0.5, 0.6) is 11.5 Å². The number of amides is 1. The minimum absolute atomic E-state index is 0.140. The molecule has 0 fully saturated rings. The van der Waals surface area contributed by atoms with Crippen LogP contribution in [0.1, 0.15) is 52.7 Å². The van der Waals surface area contributed by atoms with Gasteiger partial charge in [0.2, 0.25) is 5.91 Å². The molecule has 4 rings (SSSR count). The molecular weight excluding hydrogens is 426 g/mol. The monoisotopic (exact) mass is 451 g/mol. The summed E-state index contributed by atoms with van der Waals surface area (Å²) < 4.78 is 11.6. The zero-order valence-electron chi connectivity index (χ0n) is 18.0. The van der Waals surface area contributed by atoms with Gasteiger partial charge in [-0.1, -0.05) is 43.3 Å². The molecule has 2 heterocycles. The lowest BCUT2D eigenvalue weighted by Gasteiger charge is -2.24. The third-order valence-corrected chi connectivity index (χ3v) is 6.59. The quantitative estimate of drug-likeness (QED) is 0.454. The number of hydrogen-bond acceptors (Lipinski definition) is 5. The van der Waals surface area contributed by atoms with E-state index < -0.39 is 5.97 Å². The minimum atomic E-state index is -1.01. The number of nitrogens with one attached hydrogen (secondary N) is 1. The molecule has 0 spiro atoms. The van der Waals surface area contributed by atoms with Crippen LogP contribution in [0.3, 0.4) is 0 Å². The molecule has 2 aromatic carbocycles. The van der Waals surface area contributed by atoms with Crippen LogP contribution < -0.4 is 14.8 Å². The highest BCUT2D eigenvalue weighted by Gasteiger charge is 2.34. The van der Waals surface area contributed by atoms with Crippen molar-refractivity contribution >= 4 is 28.9 Å². The van der Waals surface area contributed by atoms with Crippen molar-refractivity contribution < 1.29 is 24.2 Å². The standard InChI is InChI=1S/C25H25NO5S/c1-3-12-31-18-11-10-16(13-19(18)30-4-2)17-14-20(27)26-22-21(15-8-6-5-7-9-15)24(25(28)29)32-23(17)22/h5-11,13,17H,3-4,12,14H2,1-2H3,(H,26,27)(H,28,29)/t17-/m0/s1. The molecule has 166 valence electrons. The summed E-state index contributed by atoms with van der Waals surface area (Å²) in [7, 11) is 0. The van der Waals surface area contributed by atoms with Gasteiger partial charge in [-0.15, -0.1) is 11.3 Å². The van der Waals surface area contributed by atoms with Gasteiger partial charge < -0.3 is 19.9 Å². The maximum Gasteiger partial charge on any atom is 0.346 e. The molecule has 1 atom stereocenters. The zero-order valence-corrected chi connectivity index (χ0v) is 18.8. The van der Waals surface area contributed by atoms with Crippen LogP contribution in [-0.4, -0.2) is 30.2 Å². The van der Waals surface area contributed by atoms with E-state index in [1.54, 1.807) is 0 Å². The van der Waals surface area contributed by atoms with Crippen molar-refractivity contribution in [2.75, 3.05) is 18.5 Å². The fourth-order valence-corrected chi connectivity index (χ4v) is 5.17. The average Bonchev–Trinajstić information content (AvgIpc) is 3.18. The molecule has 1 aliphatic heterocycles. The lowest BCUT2D eigenvalue weighted by molar-refractivity contribution is -0.116. The van der Waals surface area contributed by atoms with E-state index in [0.29, 0.717) is 36.0 Å². The lowest BCUT2D eigenvalue weighted by atomic mass is 9.88. The molecule has 3 aromatic rings. The Balaban J connectivity index is 1.83. The molecule has 1 aromatic heterocycles. The molecule has 1 amide bonds. The van der Waals surface area contributed by atoms with Gasteiger partial charge in [-0.25, -0.2) is 4.79 Å². The van der Waals surface area contributed by atoms with Crippen molar-refractivity contribution in [1.29, 1.82) is 0 Å². The second kappa shape index (κ2) is 9.44. The van der Waals surface area contributed by atoms with Gasteiger partial charge in [0, 0.05) is 22.8 Å². The van der Waals surface area contributed by atoms with Crippen molar-refractivity contribution in [3.05, 3.63) is 63.8 Å². The van der Waals surface area contributed by atoms with Crippen LogP contribution in [0.4, 0.5) is 5.69 Å². The summed E-state index contributed by atoms with van der Waals surface area (Å²) >= 11 is 1.22. The van der Waals surface area contributed by atoms with Gasteiger partial charge in [0.1, 0.15) is 4.88 Å². The van der Waals surface area contributed by atoms with Gasteiger partial charge in [-0.2, -0.15) is 0 Å². The van der Waals surface area contributed by atoms with E-state index in [4.69, 9.17) is 9.47 Å². The molecule has 0 aliphatic carbocycles. The molecule has 1 aliphatic rings. The highest BCUT2D eigenvalue weighted by Crippen LogP contribution is 2.50. The number of carboxylic acids is 1. The third-order valence-electron chi connectivity index (χ3n) is 5.29. The first-order chi connectivity index (χ1) is 15.5. The van der Waals surface area contributed by atoms with Gasteiger partial charge in [-0.3, -0.25) is 4.79 Å². The molecule has 0 radical (unpaired) electrons. The molecule has 0 saturated carbocycles. The molecular formula is C25H25NO5S. The Morgan fingerprint density at radius 3 is 2.59 bits per heavy atom. The number of hydrogen-bond donors (Lipinski definition) is 2. The normalized spacial score (nSPS) is 15.1. The Labute approximate surface area is 190 Å². The summed E-state index contributed by atoms with van der Waals surface area (Å²) in [5, 5.41) is 12.8. The van der Waals surface area contributed by atoms with Crippen LogP contribution in [0.2, 0.25) is 0 Å². The summed E-state index contributed by atoms with van der Waals surface area (Å²) in [5.74, 6) is -0.114. The number of thiophene rings is 1. The predicted molar refractivity (Wildman–Crippen MR) is 125 cm³/mol. The van der Waals surface area contributed by atoms with E-state index >= 15 is 0 Å². The van der Waals surface area contributed by atoms with Crippen LogP contribution >= 0.6 is 11.3 Å². The summed E-state index contributed by atoms with van der Waals surface area (Å²) in [6, 6.07) is 15.0. The molecule has 0 unspecified atom stereocenters. The SMILES string of the molecule is CCCOc1ccc([C@@H]2CC(=O)Nc3c2sc(C(=O)O)c3-c2ccccc2)cc1OCC. The Morgan fingerprint density at radius 1 is 1.12 bits per heavy atom. The Bertz CT molecular complexity index is 1140. The Morgan fingerprint density at radius 2 is 1.91 bits per heavy atom. The van der Waals surface area contributed by atoms with E-state index in [2.05, 4.69) is 5.32 Å². The largest absolute Gasteiger partial charge is 0.490 e. The lowest BCUT2D eigenvalue weighted by Crippen LogP contribution is -2.22. The van der Waals surface area contributed by atoms with Crippen LogP contribution in [0.15, 0.2) is 48.5 Å². The van der Waals surface area contributed by atoms with E-state index in [1.165, 1.54) is 11.3 Å². The van der Waals surface area contributed by atoms with E-state index in [-0.39, 0.29) is 23.1 Å². The van der Waals surface area contributed by atoms with Gasteiger partial charge in [-0.05, 0) is 36.6 Å². The summed E-state index contributed by atoms with van der Waals surface area (Å²) in [4.78, 5) is 25.8. The molecule has 7 heteroatoms. The van der Waals surface area contributed by atoms with E-state index in [9.17, 15) is 14.7 Å².